The van der Waals surface area contributed by atoms with Gasteiger partial charge in [-0.3, -0.25) is 4.98 Å². The summed E-state index contributed by atoms with van der Waals surface area (Å²) in [6.07, 6.45) is 3.78. The van der Waals surface area contributed by atoms with Gasteiger partial charge in [0.05, 0.1) is 5.69 Å². The van der Waals surface area contributed by atoms with Crippen LogP contribution in [0.5, 0.6) is 5.75 Å². The molecule has 2 N–H and O–H groups in total. The van der Waals surface area contributed by atoms with Gasteiger partial charge in [0.1, 0.15) is 12.4 Å². The van der Waals surface area contributed by atoms with Crippen LogP contribution in [0.15, 0.2) is 42.5 Å². The van der Waals surface area contributed by atoms with E-state index in [0.29, 0.717) is 31.6 Å². The lowest BCUT2D eigenvalue weighted by Gasteiger charge is -2.22. The van der Waals surface area contributed by atoms with Crippen molar-refractivity contribution >= 4 is 0 Å². The van der Waals surface area contributed by atoms with Crippen molar-refractivity contribution < 1.29 is 9.47 Å². The molecule has 3 aromatic rings. The molecule has 0 aliphatic rings. The lowest BCUT2D eigenvalue weighted by Crippen LogP contribution is -2.20. The Hall–Kier alpha value is -2.69. The molecule has 0 aliphatic heterocycles. The number of hydrogen-bond acceptors (Lipinski definition) is 4. The Bertz CT molecular complexity index is 1150. The van der Waals surface area contributed by atoms with Gasteiger partial charge in [0.15, 0.2) is 0 Å². The fraction of sp³-hybridized carbons (Fsp3) is 0.485. The van der Waals surface area contributed by atoms with Gasteiger partial charge in [-0.25, -0.2) is 0 Å². The molecule has 0 spiro atoms. The molecule has 3 rings (SSSR count). The highest BCUT2D eigenvalue weighted by Gasteiger charge is 2.19. The van der Waals surface area contributed by atoms with Gasteiger partial charge in [-0.15, -0.1) is 0 Å². The van der Waals surface area contributed by atoms with Gasteiger partial charge in [0.25, 0.3) is 0 Å². The summed E-state index contributed by atoms with van der Waals surface area (Å²) in [6.45, 7) is 14.9. The summed E-state index contributed by atoms with van der Waals surface area (Å²) in [7, 11) is 1.75. The topological polar surface area (TPSA) is 57.4 Å². The number of pyridine rings is 1. The van der Waals surface area contributed by atoms with Crippen LogP contribution in [0.2, 0.25) is 0 Å². The Morgan fingerprint density at radius 1 is 0.946 bits per heavy atom. The van der Waals surface area contributed by atoms with Crippen molar-refractivity contribution in [2.75, 3.05) is 20.3 Å². The van der Waals surface area contributed by atoms with Crippen molar-refractivity contribution in [1.29, 1.82) is 0 Å². The first-order valence-electron chi connectivity index (χ1n) is 13.9. The van der Waals surface area contributed by atoms with Crippen molar-refractivity contribution in [2.24, 2.45) is 11.7 Å². The quantitative estimate of drug-likeness (QED) is 0.265. The lowest BCUT2D eigenvalue weighted by atomic mass is 9.89. The zero-order valence-corrected chi connectivity index (χ0v) is 24.0. The normalized spacial score (nSPS) is 12.2. The fourth-order valence-corrected chi connectivity index (χ4v) is 5.02. The second-order valence-electron chi connectivity index (χ2n) is 10.4. The highest BCUT2D eigenvalue weighted by atomic mass is 16.5. The van der Waals surface area contributed by atoms with Crippen LogP contribution < -0.4 is 10.5 Å². The molecule has 0 aliphatic carbocycles. The van der Waals surface area contributed by atoms with Crippen LogP contribution in [0, 0.1) is 19.8 Å². The first-order chi connectivity index (χ1) is 17.8. The summed E-state index contributed by atoms with van der Waals surface area (Å²) in [4.78, 5) is 5.16. The molecule has 4 nitrogen and oxygen atoms in total. The monoisotopic (exact) mass is 502 g/mol. The van der Waals surface area contributed by atoms with Crippen LogP contribution >= 0.6 is 0 Å². The lowest BCUT2D eigenvalue weighted by molar-refractivity contribution is 0.178. The maximum absolute atomic E-state index is 6.47. The molecule has 0 bridgehead atoms. The van der Waals surface area contributed by atoms with Crippen LogP contribution in [-0.4, -0.2) is 25.2 Å². The molecule has 0 saturated carbocycles. The van der Waals surface area contributed by atoms with Gasteiger partial charge < -0.3 is 15.2 Å². The second-order valence-corrected chi connectivity index (χ2v) is 10.4. The minimum Gasteiger partial charge on any atom is -0.489 e. The summed E-state index contributed by atoms with van der Waals surface area (Å²) < 4.78 is 11.8. The summed E-state index contributed by atoms with van der Waals surface area (Å²) in [5.41, 5.74) is 17.2. The molecule has 0 radical (unpaired) electrons. The Balaban J connectivity index is 2.06. The summed E-state index contributed by atoms with van der Waals surface area (Å²) in [6, 6.07) is 15.5. The highest BCUT2D eigenvalue weighted by Crippen LogP contribution is 2.32. The van der Waals surface area contributed by atoms with E-state index in [4.69, 9.17) is 20.2 Å². The minimum absolute atomic E-state index is 0.339. The average molecular weight is 503 g/mol. The molecular formula is C33H46N2O2. The van der Waals surface area contributed by atoms with E-state index in [-0.39, 0.29) is 0 Å². The number of nitrogens with zero attached hydrogens (tertiary/aromatic N) is 1. The SMILES string of the molecule is CCc1cccc(CC)c1-c1cc(CC(CN)CCOC)c(COc2cc(C(C)C)ccc2C)c(C)n1. The standard InChI is InChI=1S/C33H46N2O2/c1-8-26-11-10-12-27(9-2)33(26)31-18-29(17-25(20-34)15-16-36-7)30(24(6)35-31)21-37-32-19-28(22(3)4)14-13-23(32)5/h10-14,18-19,22,25H,8-9,15-17,20-21,34H2,1-7H3. The highest BCUT2D eigenvalue weighted by molar-refractivity contribution is 5.69. The largest absolute Gasteiger partial charge is 0.489 e. The van der Waals surface area contributed by atoms with Crippen LogP contribution in [0.1, 0.15) is 79.1 Å². The molecule has 1 aromatic heterocycles. The molecule has 2 aromatic carbocycles. The van der Waals surface area contributed by atoms with E-state index in [2.05, 4.69) is 84.0 Å². The van der Waals surface area contributed by atoms with Gasteiger partial charge >= 0.3 is 0 Å². The van der Waals surface area contributed by atoms with Crippen molar-refractivity contribution in [3.05, 3.63) is 81.5 Å². The fourth-order valence-electron chi connectivity index (χ4n) is 5.02. The molecule has 0 fully saturated rings. The van der Waals surface area contributed by atoms with E-state index in [1.165, 1.54) is 33.4 Å². The van der Waals surface area contributed by atoms with E-state index < -0.39 is 0 Å². The molecule has 4 heteroatoms. The number of nitrogens with two attached hydrogens (primary N) is 1. The molecular weight excluding hydrogens is 456 g/mol. The average Bonchev–Trinajstić information content (AvgIpc) is 2.90. The molecule has 0 saturated heterocycles. The number of hydrogen-bond donors (Lipinski definition) is 1. The van der Waals surface area contributed by atoms with Crippen molar-refractivity contribution in [3.63, 3.8) is 0 Å². The van der Waals surface area contributed by atoms with Crippen LogP contribution in [0.25, 0.3) is 11.3 Å². The zero-order chi connectivity index (χ0) is 26.9. The molecule has 200 valence electrons. The first kappa shape index (κ1) is 28.9. The van der Waals surface area contributed by atoms with Gasteiger partial charge in [-0.05, 0) is 97.9 Å². The van der Waals surface area contributed by atoms with E-state index >= 15 is 0 Å². The van der Waals surface area contributed by atoms with Crippen LogP contribution in [0.4, 0.5) is 0 Å². The molecule has 0 amide bonds. The molecule has 37 heavy (non-hydrogen) atoms. The van der Waals surface area contributed by atoms with Crippen molar-refractivity contribution in [1.82, 2.24) is 4.98 Å². The number of rotatable bonds is 13. The van der Waals surface area contributed by atoms with Gasteiger partial charge in [-0.2, -0.15) is 0 Å². The zero-order valence-electron chi connectivity index (χ0n) is 24.0. The molecule has 1 atom stereocenters. The summed E-state index contributed by atoms with van der Waals surface area (Å²) >= 11 is 0. The Morgan fingerprint density at radius 3 is 2.24 bits per heavy atom. The Kier molecular flexibility index (Phi) is 10.7. The third-order valence-electron chi connectivity index (χ3n) is 7.50. The minimum atomic E-state index is 0.339. The Morgan fingerprint density at radius 2 is 1.65 bits per heavy atom. The van der Waals surface area contributed by atoms with Crippen LogP contribution in [-0.2, 0) is 30.6 Å². The van der Waals surface area contributed by atoms with Crippen molar-refractivity contribution in [3.8, 4) is 17.0 Å². The first-order valence-corrected chi connectivity index (χ1v) is 13.9. The third kappa shape index (κ3) is 7.21. The number of methoxy groups -OCH3 is 1. The van der Waals surface area contributed by atoms with Gasteiger partial charge in [-0.1, -0.05) is 58.0 Å². The predicted octanol–water partition coefficient (Wildman–Crippen LogP) is 7.35. The molecule has 1 heterocycles. The van der Waals surface area contributed by atoms with Crippen molar-refractivity contribution in [2.45, 2.75) is 79.8 Å². The smallest absolute Gasteiger partial charge is 0.123 e. The van der Waals surface area contributed by atoms with E-state index in [0.717, 1.165) is 48.4 Å². The summed E-state index contributed by atoms with van der Waals surface area (Å²) in [5, 5.41) is 0. The third-order valence-corrected chi connectivity index (χ3v) is 7.50. The Labute approximate surface area is 224 Å². The number of benzene rings is 2. The van der Waals surface area contributed by atoms with Gasteiger partial charge in [0.2, 0.25) is 0 Å². The second kappa shape index (κ2) is 13.7. The number of aryl methyl sites for hydroxylation is 4. The van der Waals surface area contributed by atoms with Crippen LogP contribution in [0.3, 0.4) is 0 Å². The van der Waals surface area contributed by atoms with E-state index in [1.807, 2.05) is 0 Å². The molecule has 1 unspecified atom stereocenters. The maximum Gasteiger partial charge on any atom is 0.123 e. The van der Waals surface area contributed by atoms with Gasteiger partial charge in [0, 0.05) is 30.5 Å². The maximum atomic E-state index is 6.47. The van der Waals surface area contributed by atoms with E-state index in [1.54, 1.807) is 7.11 Å². The van der Waals surface area contributed by atoms with E-state index in [9.17, 15) is 0 Å². The number of aromatic nitrogens is 1. The predicted molar refractivity (Wildman–Crippen MR) is 156 cm³/mol. The summed E-state index contributed by atoms with van der Waals surface area (Å²) in [5.74, 6) is 1.74. The number of ether oxygens (including phenoxy) is 2.